The zero-order valence-corrected chi connectivity index (χ0v) is 19.6. The van der Waals surface area contributed by atoms with Crippen molar-refractivity contribution in [3.05, 3.63) is 92.6 Å². The normalized spacial score (nSPS) is 16.6. The van der Waals surface area contributed by atoms with Gasteiger partial charge in [0.15, 0.2) is 5.69 Å². The van der Waals surface area contributed by atoms with Crippen LogP contribution in [0.5, 0.6) is 5.75 Å². The van der Waals surface area contributed by atoms with Gasteiger partial charge >= 0.3 is 5.97 Å². The fraction of sp³-hybridized carbons (Fsp3) is 0.259. The number of carboxylic acid groups (broad SMARTS) is 1. The Morgan fingerprint density at radius 2 is 1.89 bits per heavy atom. The molecule has 2 N–H and O–H groups in total. The predicted octanol–water partition coefficient (Wildman–Crippen LogP) is 3.48. The van der Waals surface area contributed by atoms with Crippen molar-refractivity contribution in [2.24, 2.45) is 7.05 Å². The molecule has 2 aromatic heterocycles. The van der Waals surface area contributed by atoms with Gasteiger partial charge in [0, 0.05) is 20.0 Å². The summed E-state index contributed by atoms with van der Waals surface area (Å²) in [5, 5.41) is 20.2. The molecule has 0 bridgehead atoms. The standard InChI is InChI=1S/C27H24N4O5/c1-30-25(33)23(32)21(24-28-19-8-5-9-20(19)36-24)29-27(30)31-13-12-16-14-17(26(34)35)10-11-18(16)22(31)15-6-3-2-4-7-15/h2-4,6-7,10-11,14,22,32H,5,8-9,12-13H2,1H3,(H,34,35)/t22-/m1/s1. The topological polar surface area (TPSA) is 122 Å². The molecule has 0 saturated carbocycles. The van der Waals surface area contributed by atoms with Gasteiger partial charge in [-0.2, -0.15) is 0 Å². The van der Waals surface area contributed by atoms with Crippen LogP contribution in [0.15, 0.2) is 57.7 Å². The molecule has 0 saturated heterocycles. The van der Waals surface area contributed by atoms with Crippen LogP contribution >= 0.6 is 0 Å². The highest BCUT2D eigenvalue weighted by Gasteiger charge is 2.33. The number of aromatic nitrogens is 3. The lowest BCUT2D eigenvalue weighted by Gasteiger charge is -2.39. The van der Waals surface area contributed by atoms with Gasteiger partial charge in [-0.05, 0) is 48.1 Å². The lowest BCUT2D eigenvalue weighted by atomic mass is 9.87. The first-order chi connectivity index (χ1) is 17.4. The molecule has 9 heteroatoms. The minimum Gasteiger partial charge on any atom is -0.501 e. The smallest absolute Gasteiger partial charge is 0.335 e. The molecular weight excluding hydrogens is 460 g/mol. The number of aromatic hydroxyl groups is 1. The van der Waals surface area contributed by atoms with Crippen LogP contribution in [0, 0.1) is 0 Å². The molecule has 1 aliphatic carbocycles. The molecule has 6 rings (SSSR count). The molecule has 2 aliphatic rings. The number of oxazole rings is 1. The third kappa shape index (κ3) is 3.46. The monoisotopic (exact) mass is 484 g/mol. The Balaban J connectivity index is 1.52. The zero-order chi connectivity index (χ0) is 25.0. The van der Waals surface area contributed by atoms with Crippen LogP contribution in [-0.4, -0.2) is 37.3 Å². The van der Waals surface area contributed by atoms with E-state index in [0.717, 1.165) is 47.4 Å². The van der Waals surface area contributed by atoms with Crippen LogP contribution in [-0.2, 0) is 26.3 Å². The number of rotatable bonds is 4. The van der Waals surface area contributed by atoms with Gasteiger partial charge in [0.05, 0.1) is 17.3 Å². The lowest BCUT2D eigenvalue weighted by molar-refractivity contribution is 0.0696. The maximum Gasteiger partial charge on any atom is 0.335 e. The van der Waals surface area contributed by atoms with E-state index in [0.29, 0.717) is 18.9 Å². The molecule has 1 atom stereocenters. The third-order valence-electron chi connectivity index (χ3n) is 7.03. The second kappa shape index (κ2) is 8.37. The van der Waals surface area contributed by atoms with Crippen molar-refractivity contribution in [2.75, 3.05) is 11.4 Å². The maximum absolute atomic E-state index is 13.1. The van der Waals surface area contributed by atoms with E-state index >= 15 is 0 Å². The van der Waals surface area contributed by atoms with E-state index in [4.69, 9.17) is 9.40 Å². The highest BCUT2D eigenvalue weighted by Crippen LogP contribution is 2.39. The fourth-order valence-corrected chi connectivity index (χ4v) is 5.25. The van der Waals surface area contributed by atoms with Gasteiger partial charge < -0.3 is 19.5 Å². The number of hydrogen-bond donors (Lipinski definition) is 2. The zero-order valence-electron chi connectivity index (χ0n) is 19.6. The Hall–Kier alpha value is -4.40. The molecule has 182 valence electrons. The number of carbonyl (C=O) groups is 1. The van der Waals surface area contributed by atoms with Crippen molar-refractivity contribution in [3.63, 3.8) is 0 Å². The molecular formula is C27H24N4O5. The Morgan fingerprint density at radius 3 is 2.64 bits per heavy atom. The summed E-state index contributed by atoms with van der Waals surface area (Å²) < 4.78 is 7.21. The van der Waals surface area contributed by atoms with Crippen molar-refractivity contribution >= 4 is 11.9 Å². The van der Waals surface area contributed by atoms with Gasteiger partial charge in [0.25, 0.3) is 5.56 Å². The average Bonchev–Trinajstić information content (AvgIpc) is 3.50. The van der Waals surface area contributed by atoms with E-state index in [1.807, 2.05) is 41.3 Å². The predicted molar refractivity (Wildman–Crippen MR) is 131 cm³/mol. The Kier molecular flexibility index (Phi) is 5.13. The summed E-state index contributed by atoms with van der Waals surface area (Å²) in [5.41, 5.74) is 3.37. The molecule has 3 heterocycles. The van der Waals surface area contributed by atoms with Crippen LogP contribution in [0.4, 0.5) is 5.95 Å². The Labute approximate surface area is 206 Å². The van der Waals surface area contributed by atoms with Crippen LogP contribution in [0.3, 0.4) is 0 Å². The number of anilines is 1. The largest absolute Gasteiger partial charge is 0.501 e. The van der Waals surface area contributed by atoms with Crippen LogP contribution in [0.2, 0.25) is 0 Å². The molecule has 2 aromatic carbocycles. The number of aryl methyl sites for hydroxylation is 2. The van der Waals surface area contributed by atoms with Crippen LogP contribution < -0.4 is 10.5 Å². The molecule has 0 amide bonds. The van der Waals surface area contributed by atoms with Crippen molar-refractivity contribution in [1.82, 2.24) is 14.5 Å². The van der Waals surface area contributed by atoms with Crippen molar-refractivity contribution < 1.29 is 19.4 Å². The Bertz CT molecular complexity index is 1540. The van der Waals surface area contributed by atoms with E-state index in [-0.39, 0.29) is 23.2 Å². The van der Waals surface area contributed by atoms with Crippen molar-refractivity contribution in [1.29, 1.82) is 0 Å². The summed E-state index contributed by atoms with van der Waals surface area (Å²) >= 11 is 0. The van der Waals surface area contributed by atoms with E-state index in [9.17, 15) is 19.8 Å². The van der Waals surface area contributed by atoms with Crippen molar-refractivity contribution in [2.45, 2.75) is 31.7 Å². The summed E-state index contributed by atoms with van der Waals surface area (Å²) in [6.07, 6.45) is 3.12. The third-order valence-corrected chi connectivity index (χ3v) is 7.03. The molecule has 1 aliphatic heterocycles. The first kappa shape index (κ1) is 22.1. The first-order valence-electron chi connectivity index (χ1n) is 11.9. The minimum atomic E-state index is -0.971. The number of carboxylic acids is 1. The maximum atomic E-state index is 13.1. The first-order valence-corrected chi connectivity index (χ1v) is 11.9. The van der Waals surface area contributed by atoms with Gasteiger partial charge in [-0.25, -0.2) is 14.8 Å². The van der Waals surface area contributed by atoms with E-state index < -0.39 is 17.3 Å². The Morgan fingerprint density at radius 1 is 1.08 bits per heavy atom. The van der Waals surface area contributed by atoms with Gasteiger partial charge in [0.2, 0.25) is 17.6 Å². The summed E-state index contributed by atoms with van der Waals surface area (Å²) in [7, 11) is 1.58. The van der Waals surface area contributed by atoms with E-state index in [1.54, 1.807) is 19.2 Å². The summed E-state index contributed by atoms with van der Waals surface area (Å²) in [6, 6.07) is 14.6. The number of hydrogen-bond acceptors (Lipinski definition) is 7. The van der Waals surface area contributed by atoms with Crippen LogP contribution in [0.1, 0.15) is 51.0 Å². The lowest BCUT2D eigenvalue weighted by Crippen LogP contribution is -2.40. The van der Waals surface area contributed by atoms with Crippen molar-refractivity contribution in [3.8, 4) is 17.3 Å². The highest BCUT2D eigenvalue weighted by atomic mass is 16.4. The van der Waals surface area contributed by atoms with Gasteiger partial charge in [-0.3, -0.25) is 9.36 Å². The number of fused-ring (bicyclic) bond motifs is 2. The van der Waals surface area contributed by atoms with Gasteiger partial charge in [-0.1, -0.05) is 36.4 Å². The molecule has 9 nitrogen and oxygen atoms in total. The number of nitrogens with zero attached hydrogens (tertiary/aromatic N) is 4. The molecule has 36 heavy (non-hydrogen) atoms. The summed E-state index contributed by atoms with van der Waals surface area (Å²) in [4.78, 5) is 35.9. The summed E-state index contributed by atoms with van der Waals surface area (Å²) in [6.45, 7) is 0.488. The summed E-state index contributed by atoms with van der Waals surface area (Å²) in [5.74, 6) is -0.178. The SMILES string of the molecule is Cn1c(N2CCc3cc(C(=O)O)ccc3[C@H]2c2ccccc2)nc(-c2nc3c(o2)CCC3)c(O)c1=O. The quantitative estimate of drug-likeness (QED) is 0.452. The molecule has 0 spiro atoms. The fourth-order valence-electron chi connectivity index (χ4n) is 5.25. The van der Waals surface area contributed by atoms with E-state index in [2.05, 4.69) is 4.98 Å². The molecule has 0 radical (unpaired) electrons. The second-order valence-corrected chi connectivity index (χ2v) is 9.19. The van der Waals surface area contributed by atoms with Gasteiger partial charge in [0.1, 0.15) is 5.76 Å². The number of benzene rings is 2. The molecule has 4 aromatic rings. The average molecular weight is 485 g/mol. The van der Waals surface area contributed by atoms with Gasteiger partial charge in [-0.15, -0.1) is 0 Å². The molecule has 0 unspecified atom stereocenters. The number of aromatic carboxylic acids is 1. The van der Waals surface area contributed by atoms with Crippen LogP contribution in [0.25, 0.3) is 11.6 Å². The van der Waals surface area contributed by atoms with E-state index in [1.165, 1.54) is 4.57 Å². The second-order valence-electron chi connectivity index (χ2n) is 9.19. The highest BCUT2D eigenvalue weighted by molar-refractivity contribution is 5.88. The minimum absolute atomic E-state index is 0.0290. The molecule has 0 fully saturated rings.